The molecule has 1 aliphatic heterocycles. The van der Waals surface area contributed by atoms with Crippen molar-refractivity contribution in [1.29, 1.82) is 0 Å². The lowest BCUT2D eigenvalue weighted by molar-refractivity contribution is -0.133. The normalized spacial score (nSPS) is 35.6. The first-order valence-electron chi connectivity index (χ1n) is 5.94. The minimum Gasteiger partial charge on any atom is -0.384 e. The maximum absolute atomic E-state index is 12.3. The third-order valence-electron chi connectivity index (χ3n) is 3.65. The van der Waals surface area contributed by atoms with Gasteiger partial charge in [-0.25, -0.2) is 0 Å². The molecule has 5 nitrogen and oxygen atoms in total. The summed E-state index contributed by atoms with van der Waals surface area (Å²) in [4.78, 5) is 24.2. The van der Waals surface area contributed by atoms with Crippen LogP contribution in [-0.2, 0) is 23.8 Å². The molecule has 0 aromatic heterocycles. The highest BCUT2D eigenvalue weighted by Crippen LogP contribution is 2.42. The zero-order valence-corrected chi connectivity index (χ0v) is 10.9. The lowest BCUT2D eigenvalue weighted by atomic mass is 9.70. The topological polar surface area (TPSA) is 61.8 Å². The quantitative estimate of drug-likeness (QED) is 0.725. The third-order valence-corrected chi connectivity index (χ3v) is 3.65. The molecule has 0 bridgehead atoms. The minimum absolute atomic E-state index is 0.0272. The van der Waals surface area contributed by atoms with Crippen molar-refractivity contribution in [2.24, 2.45) is 11.8 Å². The Balaban J connectivity index is 2.39. The second-order valence-corrected chi connectivity index (χ2v) is 4.95. The number of ketones is 2. The lowest BCUT2D eigenvalue weighted by Gasteiger charge is -2.36. The van der Waals surface area contributed by atoms with Crippen molar-refractivity contribution in [3.63, 3.8) is 0 Å². The molecule has 2 aliphatic rings. The Morgan fingerprint density at radius 3 is 2.72 bits per heavy atom. The average Bonchev–Trinajstić information content (AvgIpc) is 2.62. The van der Waals surface area contributed by atoms with E-state index in [2.05, 4.69) is 0 Å². The van der Waals surface area contributed by atoms with Crippen molar-refractivity contribution >= 4 is 11.6 Å². The fraction of sp³-hybridized carbons (Fsp3) is 0.692. The molecule has 0 aromatic carbocycles. The first-order chi connectivity index (χ1) is 8.53. The fourth-order valence-corrected chi connectivity index (χ4v) is 2.91. The third kappa shape index (κ3) is 2.02. The predicted molar refractivity (Wildman–Crippen MR) is 63.2 cm³/mol. The number of carbonyl (C=O) groups excluding carboxylic acids is 2. The van der Waals surface area contributed by atoms with E-state index in [4.69, 9.17) is 14.2 Å². The van der Waals surface area contributed by atoms with Crippen LogP contribution in [-0.4, -0.2) is 51.2 Å². The molecule has 2 rings (SSSR count). The van der Waals surface area contributed by atoms with Crippen molar-refractivity contribution in [3.8, 4) is 0 Å². The summed E-state index contributed by atoms with van der Waals surface area (Å²) in [6.07, 6.45) is 1.74. The number of hydrogen-bond donors (Lipinski definition) is 0. The molecule has 0 radical (unpaired) electrons. The standard InChI is InChI=1S/C13H18O5/c1-13-4-8(5-16-2)12(15)9(6-17-3)11(13)10(14)7-18-13/h4,9,11H,5-7H2,1-3H3/t9-,11+,13+/m0/s1. The highest BCUT2D eigenvalue weighted by atomic mass is 16.5. The van der Waals surface area contributed by atoms with E-state index in [-0.39, 0.29) is 31.4 Å². The van der Waals surface area contributed by atoms with Gasteiger partial charge in [-0.3, -0.25) is 9.59 Å². The Labute approximate surface area is 106 Å². The Kier molecular flexibility index (Phi) is 3.66. The molecule has 100 valence electrons. The van der Waals surface area contributed by atoms with Gasteiger partial charge in [0.25, 0.3) is 0 Å². The van der Waals surface area contributed by atoms with E-state index < -0.39 is 17.4 Å². The molecule has 0 N–H and O–H groups in total. The van der Waals surface area contributed by atoms with Crippen LogP contribution in [0.1, 0.15) is 6.92 Å². The summed E-state index contributed by atoms with van der Waals surface area (Å²) in [5.41, 5.74) is -0.143. The maximum Gasteiger partial charge on any atom is 0.167 e. The number of hydrogen-bond acceptors (Lipinski definition) is 5. The van der Waals surface area contributed by atoms with E-state index in [9.17, 15) is 9.59 Å². The van der Waals surface area contributed by atoms with Gasteiger partial charge in [-0.15, -0.1) is 0 Å². The molecule has 0 unspecified atom stereocenters. The number of carbonyl (C=O) groups is 2. The second-order valence-electron chi connectivity index (χ2n) is 4.95. The van der Waals surface area contributed by atoms with Gasteiger partial charge in [0.15, 0.2) is 11.6 Å². The monoisotopic (exact) mass is 254 g/mol. The largest absolute Gasteiger partial charge is 0.384 e. The minimum atomic E-state index is -0.706. The summed E-state index contributed by atoms with van der Waals surface area (Å²) in [6, 6.07) is 0. The SMILES string of the molecule is COCC1=C[C@@]2(C)OCC(=O)[C@H]2[C@H](COC)C1=O. The van der Waals surface area contributed by atoms with Crippen LogP contribution in [0.4, 0.5) is 0 Å². The van der Waals surface area contributed by atoms with Gasteiger partial charge >= 0.3 is 0 Å². The summed E-state index contributed by atoms with van der Waals surface area (Å²) in [5, 5.41) is 0. The molecule has 0 saturated carbocycles. The van der Waals surface area contributed by atoms with Crippen molar-refractivity contribution in [2.45, 2.75) is 12.5 Å². The van der Waals surface area contributed by atoms with Crippen molar-refractivity contribution < 1.29 is 23.8 Å². The fourth-order valence-electron chi connectivity index (χ4n) is 2.91. The summed E-state index contributed by atoms with van der Waals surface area (Å²) >= 11 is 0. The molecule has 1 heterocycles. The Hall–Kier alpha value is -1.04. The molecule has 1 fully saturated rings. The Morgan fingerprint density at radius 1 is 1.39 bits per heavy atom. The Bertz CT molecular complexity index is 400. The predicted octanol–water partition coefficient (Wildman–Crippen LogP) is 0.379. The highest BCUT2D eigenvalue weighted by Gasteiger charge is 2.54. The van der Waals surface area contributed by atoms with Gasteiger partial charge in [0.05, 0.1) is 30.7 Å². The van der Waals surface area contributed by atoms with Crippen LogP contribution in [0.15, 0.2) is 11.6 Å². The van der Waals surface area contributed by atoms with Gasteiger partial charge in [0.2, 0.25) is 0 Å². The number of rotatable bonds is 4. The van der Waals surface area contributed by atoms with E-state index in [0.717, 1.165) is 0 Å². The highest BCUT2D eigenvalue weighted by molar-refractivity contribution is 6.03. The lowest BCUT2D eigenvalue weighted by Crippen LogP contribution is -2.47. The molecule has 0 amide bonds. The molecule has 18 heavy (non-hydrogen) atoms. The van der Waals surface area contributed by atoms with Gasteiger partial charge in [0, 0.05) is 19.8 Å². The molecule has 3 atom stereocenters. The van der Waals surface area contributed by atoms with Crippen LogP contribution in [0.2, 0.25) is 0 Å². The first kappa shape index (κ1) is 13.4. The van der Waals surface area contributed by atoms with Gasteiger partial charge in [-0.1, -0.05) is 0 Å². The van der Waals surface area contributed by atoms with Gasteiger partial charge in [0.1, 0.15) is 6.61 Å². The van der Waals surface area contributed by atoms with Gasteiger partial charge in [-0.2, -0.15) is 0 Å². The zero-order chi connectivity index (χ0) is 13.3. The van der Waals surface area contributed by atoms with E-state index in [1.54, 1.807) is 6.08 Å². The van der Waals surface area contributed by atoms with Crippen molar-refractivity contribution in [1.82, 2.24) is 0 Å². The summed E-state index contributed by atoms with van der Waals surface area (Å²) in [7, 11) is 3.06. The average molecular weight is 254 g/mol. The van der Waals surface area contributed by atoms with Crippen LogP contribution in [0, 0.1) is 11.8 Å². The summed E-state index contributed by atoms with van der Waals surface area (Å²) in [5.74, 6) is -1.00. The van der Waals surface area contributed by atoms with E-state index in [1.807, 2.05) is 6.92 Å². The molecule has 0 spiro atoms. The number of fused-ring (bicyclic) bond motifs is 1. The van der Waals surface area contributed by atoms with E-state index >= 15 is 0 Å². The second kappa shape index (κ2) is 4.91. The van der Waals surface area contributed by atoms with Gasteiger partial charge < -0.3 is 14.2 Å². The van der Waals surface area contributed by atoms with Crippen LogP contribution in [0.25, 0.3) is 0 Å². The summed E-state index contributed by atoms with van der Waals surface area (Å²) < 4.78 is 15.7. The van der Waals surface area contributed by atoms with E-state index in [0.29, 0.717) is 5.57 Å². The van der Waals surface area contributed by atoms with Crippen molar-refractivity contribution in [2.75, 3.05) is 34.0 Å². The maximum atomic E-state index is 12.3. The molecule has 1 aliphatic carbocycles. The number of methoxy groups -OCH3 is 2. The number of Topliss-reactive ketones (excluding diaryl/α,β-unsaturated/α-hetero) is 2. The number of ether oxygens (including phenoxy) is 3. The first-order valence-corrected chi connectivity index (χ1v) is 5.94. The van der Waals surface area contributed by atoms with Crippen LogP contribution in [0.3, 0.4) is 0 Å². The zero-order valence-electron chi connectivity index (χ0n) is 10.9. The van der Waals surface area contributed by atoms with Crippen LogP contribution in [0.5, 0.6) is 0 Å². The Morgan fingerprint density at radius 2 is 2.11 bits per heavy atom. The summed E-state index contributed by atoms with van der Waals surface area (Å²) in [6.45, 7) is 2.37. The van der Waals surface area contributed by atoms with Gasteiger partial charge in [-0.05, 0) is 13.0 Å². The molecule has 0 aromatic rings. The van der Waals surface area contributed by atoms with Crippen LogP contribution >= 0.6 is 0 Å². The molecular weight excluding hydrogens is 236 g/mol. The smallest absolute Gasteiger partial charge is 0.167 e. The molecule has 5 heteroatoms. The van der Waals surface area contributed by atoms with Crippen molar-refractivity contribution in [3.05, 3.63) is 11.6 Å². The van der Waals surface area contributed by atoms with E-state index in [1.165, 1.54) is 14.2 Å². The molecular formula is C13H18O5. The van der Waals surface area contributed by atoms with Crippen LogP contribution < -0.4 is 0 Å². The molecule has 1 saturated heterocycles.